The monoisotopic (exact) mass is 502 g/mol. The number of aromatic nitrogens is 4. The summed E-state index contributed by atoms with van der Waals surface area (Å²) in [5.41, 5.74) is 0.430. The minimum absolute atomic E-state index is 0.0309. The minimum Gasteiger partial charge on any atom is -0.378 e. The van der Waals surface area contributed by atoms with E-state index in [-0.39, 0.29) is 33.3 Å². The molecule has 0 atom stereocenters. The Kier molecular flexibility index (Phi) is 6.03. The van der Waals surface area contributed by atoms with Crippen LogP contribution in [0.1, 0.15) is 15.9 Å². The molecule has 0 radical (unpaired) electrons. The van der Waals surface area contributed by atoms with Crippen molar-refractivity contribution in [3.63, 3.8) is 0 Å². The normalized spacial score (nSPS) is 14.3. The number of hydrogen-bond donors (Lipinski definition) is 2. The number of nitrogens with one attached hydrogen (secondary N) is 2. The highest BCUT2D eigenvalue weighted by Crippen LogP contribution is 2.39. The molecular formula is C23H18ClF3N6O2. The van der Waals surface area contributed by atoms with Gasteiger partial charge in [0.25, 0.3) is 5.91 Å². The first-order valence-electron chi connectivity index (χ1n) is 10.6. The van der Waals surface area contributed by atoms with Crippen molar-refractivity contribution in [2.45, 2.75) is 6.18 Å². The molecule has 8 nitrogen and oxygen atoms in total. The second-order valence-electron chi connectivity index (χ2n) is 7.83. The third-order valence-corrected chi connectivity index (χ3v) is 5.78. The van der Waals surface area contributed by atoms with Crippen molar-refractivity contribution in [2.75, 3.05) is 36.5 Å². The van der Waals surface area contributed by atoms with E-state index in [0.717, 1.165) is 6.07 Å². The maximum Gasteiger partial charge on any atom is 0.417 e. The highest BCUT2D eigenvalue weighted by Gasteiger charge is 2.35. The van der Waals surface area contributed by atoms with Gasteiger partial charge in [0.1, 0.15) is 11.3 Å². The van der Waals surface area contributed by atoms with E-state index in [0.29, 0.717) is 37.5 Å². The van der Waals surface area contributed by atoms with Crippen molar-refractivity contribution in [2.24, 2.45) is 0 Å². The number of carbonyl (C=O) groups is 1. The maximum atomic E-state index is 13.7. The van der Waals surface area contributed by atoms with Gasteiger partial charge in [-0.3, -0.25) is 4.79 Å². The Bertz CT molecular complexity index is 1390. The predicted molar refractivity (Wildman–Crippen MR) is 125 cm³/mol. The Labute approximate surface area is 202 Å². The molecule has 180 valence electrons. The van der Waals surface area contributed by atoms with E-state index in [4.69, 9.17) is 16.3 Å². The Morgan fingerprint density at radius 2 is 1.94 bits per heavy atom. The highest BCUT2D eigenvalue weighted by atomic mass is 35.5. The van der Waals surface area contributed by atoms with Gasteiger partial charge >= 0.3 is 6.18 Å². The first kappa shape index (κ1) is 23.1. The van der Waals surface area contributed by atoms with Crippen molar-refractivity contribution in [1.29, 1.82) is 0 Å². The fourth-order valence-electron chi connectivity index (χ4n) is 3.92. The van der Waals surface area contributed by atoms with Crippen LogP contribution in [0.15, 0.2) is 48.7 Å². The van der Waals surface area contributed by atoms with Gasteiger partial charge in [0.15, 0.2) is 5.82 Å². The molecule has 4 aromatic rings. The number of hydrogen-bond acceptors (Lipinski definition) is 6. The zero-order valence-electron chi connectivity index (χ0n) is 18.1. The maximum absolute atomic E-state index is 13.7. The van der Waals surface area contributed by atoms with Crippen molar-refractivity contribution in [3.8, 4) is 11.4 Å². The number of amides is 1. The molecule has 0 aliphatic carbocycles. The summed E-state index contributed by atoms with van der Waals surface area (Å²) < 4.78 is 46.6. The average Bonchev–Trinajstić information content (AvgIpc) is 3.28. The lowest BCUT2D eigenvalue weighted by molar-refractivity contribution is -0.137. The molecule has 12 heteroatoms. The number of halogens is 4. The summed E-state index contributed by atoms with van der Waals surface area (Å²) in [5.74, 6) is -0.317. The number of rotatable bonds is 4. The number of morpholine rings is 1. The first-order valence-corrected chi connectivity index (χ1v) is 11.0. The number of aromatic amines is 1. The average molecular weight is 503 g/mol. The topological polar surface area (TPSA) is 96.0 Å². The van der Waals surface area contributed by atoms with Gasteiger partial charge in [-0.15, -0.1) is 5.10 Å². The molecule has 1 aliphatic heterocycles. The Balaban J connectivity index is 1.64. The van der Waals surface area contributed by atoms with E-state index >= 15 is 0 Å². The molecular weight excluding hydrogens is 485 g/mol. The molecule has 2 aromatic carbocycles. The number of benzene rings is 2. The summed E-state index contributed by atoms with van der Waals surface area (Å²) in [4.78, 5) is 22.6. The lowest BCUT2D eigenvalue weighted by Gasteiger charge is -2.29. The molecule has 1 fully saturated rings. The third-order valence-electron chi connectivity index (χ3n) is 5.55. The van der Waals surface area contributed by atoms with Crippen LogP contribution >= 0.6 is 11.6 Å². The minimum atomic E-state index is -4.65. The predicted octanol–water partition coefficient (Wildman–Crippen LogP) is 4.78. The van der Waals surface area contributed by atoms with E-state index in [1.54, 1.807) is 24.3 Å². The fraction of sp³-hybridized carbons (Fsp3) is 0.217. The summed E-state index contributed by atoms with van der Waals surface area (Å²) in [7, 11) is 0. The molecule has 1 aliphatic rings. The fourth-order valence-corrected chi connectivity index (χ4v) is 4.09. The van der Waals surface area contributed by atoms with E-state index < -0.39 is 17.6 Å². The van der Waals surface area contributed by atoms with Gasteiger partial charge < -0.3 is 19.9 Å². The second-order valence-corrected chi connectivity index (χ2v) is 8.26. The van der Waals surface area contributed by atoms with Crippen LogP contribution in [0.2, 0.25) is 5.02 Å². The van der Waals surface area contributed by atoms with Crippen LogP contribution in [0.3, 0.4) is 0 Å². The number of carbonyl (C=O) groups excluding carboxylic acids is 1. The van der Waals surface area contributed by atoms with Gasteiger partial charge in [-0.25, -0.2) is 4.98 Å². The van der Waals surface area contributed by atoms with Gasteiger partial charge in [0.05, 0.1) is 29.9 Å². The molecule has 1 saturated heterocycles. The van der Waals surface area contributed by atoms with E-state index in [9.17, 15) is 18.0 Å². The van der Waals surface area contributed by atoms with E-state index in [1.807, 2.05) is 4.90 Å². The number of H-pyrrole nitrogens is 1. The van der Waals surface area contributed by atoms with Crippen LogP contribution in [-0.2, 0) is 10.9 Å². The van der Waals surface area contributed by atoms with Crippen molar-refractivity contribution in [3.05, 3.63) is 64.8 Å². The number of imidazole rings is 1. The second kappa shape index (κ2) is 9.16. The van der Waals surface area contributed by atoms with Crippen molar-refractivity contribution in [1.82, 2.24) is 20.2 Å². The standard InChI is InChI=1S/C23H18ClF3N6O2/c24-13-3-4-15(17(10-13)23(25,26)27)21-29-18-12-14(33-6-8-35-9-7-33)11-16(20(18)31-21)22(34)30-19-2-1-5-28-32-19/h1-5,10-12H,6-9H2,(H,29,31)(H,30,32,34). The summed E-state index contributed by atoms with van der Waals surface area (Å²) >= 11 is 5.83. The van der Waals surface area contributed by atoms with Gasteiger partial charge in [-0.1, -0.05) is 11.6 Å². The third kappa shape index (κ3) is 4.77. The number of ether oxygens (including phenoxy) is 1. The molecule has 5 rings (SSSR count). The smallest absolute Gasteiger partial charge is 0.378 e. The molecule has 35 heavy (non-hydrogen) atoms. The van der Waals surface area contributed by atoms with Gasteiger partial charge in [-0.2, -0.15) is 18.3 Å². The Morgan fingerprint density at radius 3 is 2.66 bits per heavy atom. The van der Waals surface area contributed by atoms with Crippen molar-refractivity contribution < 1.29 is 22.7 Å². The van der Waals surface area contributed by atoms with Crippen molar-refractivity contribution >= 4 is 40.0 Å². The number of alkyl halides is 3. The van der Waals surface area contributed by atoms with Crippen LogP contribution in [-0.4, -0.2) is 52.4 Å². The van der Waals surface area contributed by atoms with Crippen LogP contribution in [0.25, 0.3) is 22.4 Å². The van der Waals surface area contributed by atoms with Crippen LogP contribution in [0.4, 0.5) is 24.7 Å². The quantitative estimate of drug-likeness (QED) is 0.417. The van der Waals surface area contributed by atoms with E-state index in [1.165, 1.54) is 18.3 Å². The van der Waals surface area contributed by atoms with Crippen LogP contribution < -0.4 is 10.2 Å². The Morgan fingerprint density at radius 1 is 1.14 bits per heavy atom. The molecule has 1 amide bonds. The summed E-state index contributed by atoms with van der Waals surface area (Å²) in [5, 5.41) is 10.2. The molecule has 3 heterocycles. The molecule has 0 bridgehead atoms. The highest BCUT2D eigenvalue weighted by molar-refractivity contribution is 6.30. The SMILES string of the molecule is O=C(Nc1cccnn1)c1cc(N2CCOCC2)cc2[nH]c(-c3ccc(Cl)cc3C(F)(F)F)nc12. The molecule has 0 spiro atoms. The largest absolute Gasteiger partial charge is 0.417 e. The zero-order chi connectivity index (χ0) is 24.6. The van der Waals surface area contributed by atoms with Gasteiger partial charge in [0, 0.05) is 35.6 Å². The first-order chi connectivity index (χ1) is 16.8. The molecule has 2 N–H and O–H groups in total. The summed E-state index contributed by atoms with van der Waals surface area (Å²) in [6.07, 6.45) is -3.18. The molecule has 0 saturated carbocycles. The Hall–Kier alpha value is -3.70. The number of nitrogens with zero attached hydrogens (tertiary/aromatic N) is 4. The van der Waals surface area contributed by atoms with Gasteiger partial charge in [0.2, 0.25) is 0 Å². The summed E-state index contributed by atoms with van der Waals surface area (Å²) in [6, 6.07) is 10.1. The zero-order valence-corrected chi connectivity index (χ0v) is 18.8. The molecule has 0 unspecified atom stereocenters. The van der Waals surface area contributed by atoms with Gasteiger partial charge in [-0.05, 0) is 42.5 Å². The van der Waals surface area contributed by atoms with E-state index in [2.05, 4.69) is 25.5 Å². The number of anilines is 2. The number of fused-ring (bicyclic) bond motifs is 1. The molecule has 2 aromatic heterocycles. The lowest BCUT2D eigenvalue weighted by Crippen LogP contribution is -2.36. The van der Waals surface area contributed by atoms with Crippen LogP contribution in [0, 0.1) is 0 Å². The summed E-state index contributed by atoms with van der Waals surface area (Å²) in [6.45, 7) is 2.25. The van der Waals surface area contributed by atoms with Crippen LogP contribution in [0.5, 0.6) is 0 Å². The lowest BCUT2D eigenvalue weighted by atomic mass is 10.1.